The molecule has 0 aliphatic heterocycles. The van der Waals surface area contributed by atoms with Gasteiger partial charge < -0.3 is 5.43 Å². The lowest BCUT2D eigenvalue weighted by molar-refractivity contribution is 1.02. The molecule has 0 aliphatic rings. The van der Waals surface area contributed by atoms with E-state index in [0.717, 1.165) is 0 Å². The summed E-state index contributed by atoms with van der Waals surface area (Å²) in [6.45, 7) is 6.48. The van der Waals surface area contributed by atoms with Gasteiger partial charge in [-0.15, -0.1) is 0 Å². The zero-order chi connectivity index (χ0) is 12.9. The van der Waals surface area contributed by atoms with E-state index in [0.29, 0.717) is 0 Å². The number of benzene rings is 2. The summed E-state index contributed by atoms with van der Waals surface area (Å²) in [5, 5.41) is 2.65. The first-order chi connectivity index (χ1) is 8.61. The van der Waals surface area contributed by atoms with Crippen LogP contribution in [-0.2, 0) is 0 Å². The average molecular weight is 238 g/mol. The van der Waals surface area contributed by atoms with Crippen LogP contribution in [0.15, 0.2) is 30.3 Å². The summed E-state index contributed by atoms with van der Waals surface area (Å²) in [5.41, 5.74) is 9.75. The molecule has 0 saturated heterocycles. The quantitative estimate of drug-likeness (QED) is 0.680. The number of aromatic nitrogens is 1. The van der Waals surface area contributed by atoms with Crippen LogP contribution in [0, 0.1) is 20.8 Å². The molecule has 0 spiro atoms. The first-order valence-corrected chi connectivity index (χ1v) is 6.31. The van der Waals surface area contributed by atoms with Crippen LogP contribution in [0.1, 0.15) is 16.7 Å². The van der Waals surface area contributed by atoms with E-state index in [2.05, 4.69) is 61.2 Å². The van der Waals surface area contributed by atoms with Gasteiger partial charge >= 0.3 is 0 Å². The summed E-state index contributed by atoms with van der Waals surface area (Å²) in [6.07, 6.45) is 0. The first-order valence-electron chi connectivity index (χ1n) is 6.31. The third-order valence-electron chi connectivity index (χ3n) is 3.76. The number of nitrogens with one attached hydrogen (secondary N) is 1. The molecule has 18 heavy (non-hydrogen) atoms. The van der Waals surface area contributed by atoms with E-state index in [-0.39, 0.29) is 0 Å². The fourth-order valence-electron chi connectivity index (χ4n) is 2.63. The van der Waals surface area contributed by atoms with Gasteiger partial charge in [-0.05, 0) is 56.2 Å². The smallest absolute Gasteiger partial charge is 0.0708 e. The van der Waals surface area contributed by atoms with Crippen molar-refractivity contribution in [2.75, 3.05) is 12.5 Å². The molecule has 0 atom stereocenters. The van der Waals surface area contributed by atoms with E-state index in [1.807, 2.05) is 7.05 Å². The molecule has 1 aromatic heterocycles. The Labute approximate surface area is 107 Å². The lowest BCUT2D eigenvalue weighted by atomic mass is 10.0. The number of nitrogens with zero attached hydrogens (tertiary/aromatic N) is 1. The first kappa shape index (κ1) is 11.1. The molecule has 0 aliphatic carbocycles. The standard InChI is InChI=1S/C16H18N2/c1-10-5-6-15-13(7-10)14-8-11(2)12(3)9-16(14)18(15)17-4/h5-9,17H,1-4H3. The SMILES string of the molecule is CNn1c2ccc(C)cc2c2cc(C)c(C)cc21. The molecule has 3 aromatic rings. The maximum atomic E-state index is 3.28. The van der Waals surface area contributed by atoms with Gasteiger partial charge in [0.25, 0.3) is 0 Å². The van der Waals surface area contributed by atoms with Crippen LogP contribution in [0.2, 0.25) is 0 Å². The van der Waals surface area contributed by atoms with Gasteiger partial charge in [0.15, 0.2) is 0 Å². The Morgan fingerprint density at radius 1 is 0.833 bits per heavy atom. The summed E-state index contributed by atoms with van der Waals surface area (Å²) >= 11 is 0. The fourth-order valence-corrected chi connectivity index (χ4v) is 2.63. The molecule has 0 bridgehead atoms. The van der Waals surface area contributed by atoms with Gasteiger partial charge in [-0.25, -0.2) is 0 Å². The molecule has 0 saturated carbocycles. The molecule has 0 amide bonds. The van der Waals surface area contributed by atoms with E-state index in [4.69, 9.17) is 0 Å². The monoisotopic (exact) mass is 238 g/mol. The van der Waals surface area contributed by atoms with Gasteiger partial charge in [-0.1, -0.05) is 11.6 Å². The zero-order valence-corrected chi connectivity index (χ0v) is 11.3. The molecular formula is C16H18N2. The van der Waals surface area contributed by atoms with Crippen LogP contribution in [0.5, 0.6) is 0 Å². The van der Waals surface area contributed by atoms with Crippen LogP contribution in [0.3, 0.4) is 0 Å². The Kier molecular flexibility index (Phi) is 2.34. The topological polar surface area (TPSA) is 17.0 Å². The highest BCUT2D eigenvalue weighted by Gasteiger charge is 2.11. The molecule has 1 heterocycles. The Bertz CT molecular complexity index is 751. The number of fused-ring (bicyclic) bond motifs is 3. The molecule has 0 radical (unpaired) electrons. The average Bonchev–Trinajstić information content (AvgIpc) is 2.63. The molecule has 2 heteroatoms. The lowest BCUT2D eigenvalue weighted by Crippen LogP contribution is -2.07. The summed E-state index contributed by atoms with van der Waals surface area (Å²) in [6, 6.07) is 11.2. The summed E-state index contributed by atoms with van der Waals surface area (Å²) in [7, 11) is 1.97. The van der Waals surface area contributed by atoms with Crippen molar-refractivity contribution in [1.82, 2.24) is 4.68 Å². The molecule has 3 rings (SSSR count). The van der Waals surface area contributed by atoms with Crippen molar-refractivity contribution in [3.63, 3.8) is 0 Å². The highest BCUT2D eigenvalue weighted by molar-refractivity contribution is 6.08. The number of rotatable bonds is 1. The van der Waals surface area contributed by atoms with Crippen molar-refractivity contribution in [3.05, 3.63) is 47.0 Å². The Balaban J connectivity index is 2.57. The van der Waals surface area contributed by atoms with Crippen LogP contribution in [0.4, 0.5) is 0 Å². The van der Waals surface area contributed by atoms with E-state index in [9.17, 15) is 0 Å². The summed E-state index contributed by atoms with van der Waals surface area (Å²) < 4.78 is 2.16. The van der Waals surface area contributed by atoms with Crippen molar-refractivity contribution in [1.29, 1.82) is 0 Å². The molecular weight excluding hydrogens is 220 g/mol. The highest BCUT2D eigenvalue weighted by atomic mass is 15.4. The molecule has 2 aromatic carbocycles. The van der Waals surface area contributed by atoms with Gasteiger partial charge in [0.2, 0.25) is 0 Å². The molecule has 92 valence electrons. The zero-order valence-electron chi connectivity index (χ0n) is 11.3. The minimum atomic E-state index is 1.24. The van der Waals surface area contributed by atoms with Crippen LogP contribution in [0.25, 0.3) is 21.8 Å². The minimum Gasteiger partial charge on any atom is -0.328 e. The van der Waals surface area contributed by atoms with Crippen LogP contribution < -0.4 is 5.43 Å². The van der Waals surface area contributed by atoms with Crippen molar-refractivity contribution in [3.8, 4) is 0 Å². The number of hydrogen-bond donors (Lipinski definition) is 1. The summed E-state index contributed by atoms with van der Waals surface area (Å²) in [4.78, 5) is 0. The van der Waals surface area contributed by atoms with E-state index < -0.39 is 0 Å². The second-order valence-corrected chi connectivity index (χ2v) is 5.03. The van der Waals surface area contributed by atoms with Crippen molar-refractivity contribution < 1.29 is 0 Å². The Hall–Kier alpha value is -1.96. The Morgan fingerprint density at radius 2 is 1.50 bits per heavy atom. The second-order valence-electron chi connectivity index (χ2n) is 5.03. The third-order valence-corrected chi connectivity index (χ3v) is 3.76. The molecule has 0 fully saturated rings. The highest BCUT2D eigenvalue weighted by Crippen LogP contribution is 2.30. The second kappa shape index (κ2) is 3.77. The predicted molar refractivity (Wildman–Crippen MR) is 78.9 cm³/mol. The Morgan fingerprint density at radius 3 is 2.22 bits per heavy atom. The third kappa shape index (κ3) is 1.42. The maximum Gasteiger partial charge on any atom is 0.0708 e. The van der Waals surface area contributed by atoms with E-state index in [1.165, 1.54) is 38.5 Å². The van der Waals surface area contributed by atoms with Gasteiger partial charge in [0.05, 0.1) is 11.0 Å². The minimum absolute atomic E-state index is 1.24. The predicted octanol–water partition coefficient (Wildman–Crippen LogP) is 3.89. The lowest BCUT2D eigenvalue weighted by Gasteiger charge is -2.06. The van der Waals surface area contributed by atoms with Crippen molar-refractivity contribution >= 4 is 21.8 Å². The van der Waals surface area contributed by atoms with Crippen molar-refractivity contribution in [2.45, 2.75) is 20.8 Å². The largest absolute Gasteiger partial charge is 0.328 e. The molecule has 2 nitrogen and oxygen atoms in total. The van der Waals surface area contributed by atoms with E-state index in [1.54, 1.807) is 0 Å². The number of aryl methyl sites for hydroxylation is 3. The van der Waals surface area contributed by atoms with E-state index >= 15 is 0 Å². The fraction of sp³-hybridized carbons (Fsp3) is 0.250. The molecule has 0 unspecified atom stereocenters. The summed E-state index contributed by atoms with van der Waals surface area (Å²) in [5.74, 6) is 0. The van der Waals surface area contributed by atoms with Gasteiger partial charge in [-0.3, -0.25) is 4.68 Å². The van der Waals surface area contributed by atoms with Gasteiger partial charge in [-0.2, -0.15) is 0 Å². The number of hydrogen-bond acceptors (Lipinski definition) is 1. The molecule has 1 N–H and O–H groups in total. The van der Waals surface area contributed by atoms with Gasteiger partial charge in [0.1, 0.15) is 0 Å². The van der Waals surface area contributed by atoms with Gasteiger partial charge in [0, 0.05) is 17.8 Å². The maximum absolute atomic E-state index is 3.28. The van der Waals surface area contributed by atoms with Crippen molar-refractivity contribution in [2.24, 2.45) is 0 Å². The van der Waals surface area contributed by atoms with Crippen LogP contribution in [-0.4, -0.2) is 11.7 Å². The van der Waals surface area contributed by atoms with Crippen LogP contribution >= 0.6 is 0 Å². The normalized spacial score (nSPS) is 11.3.